The van der Waals surface area contributed by atoms with Crippen molar-refractivity contribution in [1.29, 1.82) is 0 Å². The number of phenols is 1. The first-order valence-corrected chi connectivity index (χ1v) is 6.53. The zero-order chi connectivity index (χ0) is 13.5. The summed E-state index contributed by atoms with van der Waals surface area (Å²) in [4.78, 5) is 0. The highest BCUT2D eigenvalue weighted by Crippen LogP contribution is 2.31. The number of phenolic OH excluding ortho intramolecular Hbond substituents is 1. The van der Waals surface area contributed by atoms with E-state index in [4.69, 9.17) is 9.15 Å². The van der Waals surface area contributed by atoms with Gasteiger partial charge in [0.15, 0.2) is 0 Å². The fraction of sp³-hybridized carbons (Fsp3) is 0.429. The number of rotatable bonds is 7. The highest BCUT2D eigenvalue weighted by atomic mass is 16.5. The van der Waals surface area contributed by atoms with Crippen LogP contribution in [0.2, 0.25) is 0 Å². The molecule has 0 saturated carbocycles. The summed E-state index contributed by atoms with van der Waals surface area (Å²) in [5.74, 6) is 1.03. The van der Waals surface area contributed by atoms with E-state index in [9.17, 15) is 5.11 Å². The Morgan fingerprint density at radius 2 is 2.16 bits per heavy atom. The molecule has 0 unspecified atom stereocenters. The topological polar surface area (TPSA) is 68.4 Å². The van der Waals surface area contributed by atoms with Crippen molar-refractivity contribution in [3.05, 3.63) is 24.6 Å². The molecule has 5 nitrogen and oxygen atoms in total. The Bertz CT molecular complexity index is 497. The highest BCUT2D eigenvalue weighted by molar-refractivity contribution is 5.63. The lowest BCUT2D eigenvalue weighted by Gasteiger charge is -2.07. The lowest BCUT2D eigenvalue weighted by atomic mass is 10.2. The number of aromatic hydroxyl groups is 1. The number of benzene rings is 1. The van der Waals surface area contributed by atoms with Crippen LogP contribution in [0.15, 0.2) is 29.0 Å². The van der Waals surface area contributed by atoms with Crippen LogP contribution >= 0.6 is 0 Å². The Morgan fingerprint density at radius 1 is 1.26 bits per heavy atom. The van der Waals surface area contributed by atoms with Crippen molar-refractivity contribution < 1.29 is 14.3 Å². The van der Waals surface area contributed by atoms with Crippen LogP contribution in [-0.4, -0.2) is 21.9 Å². The number of aromatic nitrogens is 2. The van der Waals surface area contributed by atoms with Gasteiger partial charge in [-0.2, -0.15) is 0 Å². The third-order valence-corrected chi connectivity index (χ3v) is 2.83. The van der Waals surface area contributed by atoms with Gasteiger partial charge in [0, 0.05) is 6.07 Å². The van der Waals surface area contributed by atoms with Crippen molar-refractivity contribution in [3.8, 4) is 23.0 Å². The normalized spacial score (nSPS) is 10.6. The van der Waals surface area contributed by atoms with Gasteiger partial charge in [-0.05, 0) is 18.6 Å². The first-order valence-electron chi connectivity index (χ1n) is 6.53. The van der Waals surface area contributed by atoms with Crippen LogP contribution in [0, 0.1) is 0 Å². The third kappa shape index (κ3) is 3.71. The van der Waals surface area contributed by atoms with Crippen LogP contribution in [0.5, 0.6) is 11.5 Å². The zero-order valence-corrected chi connectivity index (χ0v) is 11.0. The standard InChI is InChI=1S/C14H18N2O3/c1-2-3-4-5-8-18-11-6-7-12(13(17)9-11)14-16-15-10-19-14/h6-7,9-10,17H,2-5,8H2,1H3. The average molecular weight is 262 g/mol. The molecule has 5 heteroatoms. The van der Waals surface area contributed by atoms with Gasteiger partial charge < -0.3 is 14.3 Å². The van der Waals surface area contributed by atoms with Gasteiger partial charge in [0.2, 0.25) is 6.39 Å². The molecule has 0 aliphatic heterocycles. The smallest absolute Gasteiger partial charge is 0.251 e. The van der Waals surface area contributed by atoms with Gasteiger partial charge in [-0.3, -0.25) is 0 Å². The second-order valence-electron chi connectivity index (χ2n) is 4.33. The van der Waals surface area contributed by atoms with Gasteiger partial charge in [-0.15, -0.1) is 10.2 Å². The molecule has 1 heterocycles. The predicted octanol–water partition coefficient (Wildman–Crippen LogP) is 3.40. The van der Waals surface area contributed by atoms with Gasteiger partial charge in [0.05, 0.1) is 12.2 Å². The molecule has 0 aliphatic rings. The third-order valence-electron chi connectivity index (χ3n) is 2.83. The molecular weight excluding hydrogens is 244 g/mol. The molecule has 19 heavy (non-hydrogen) atoms. The lowest BCUT2D eigenvalue weighted by molar-refractivity contribution is 0.303. The Morgan fingerprint density at radius 3 is 2.84 bits per heavy atom. The molecule has 0 fully saturated rings. The predicted molar refractivity (Wildman–Crippen MR) is 71.0 cm³/mol. The molecule has 0 bridgehead atoms. The maximum atomic E-state index is 9.90. The van der Waals surface area contributed by atoms with Gasteiger partial charge >= 0.3 is 0 Å². The van der Waals surface area contributed by atoms with Crippen molar-refractivity contribution >= 4 is 0 Å². The minimum atomic E-state index is 0.0790. The van der Waals surface area contributed by atoms with Crippen molar-refractivity contribution in [2.45, 2.75) is 32.6 Å². The van der Waals surface area contributed by atoms with Crippen LogP contribution in [0.4, 0.5) is 0 Å². The van der Waals surface area contributed by atoms with E-state index in [2.05, 4.69) is 17.1 Å². The molecule has 0 atom stereocenters. The Kier molecular flexibility index (Phi) is 4.78. The first-order chi connectivity index (χ1) is 9.31. The van der Waals surface area contributed by atoms with Crippen LogP contribution < -0.4 is 4.74 Å². The summed E-state index contributed by atoms with van der Waals surface area (Å²) in [6.45, 7) is 2.84. The summed E-state index contributed by atoms with van der Waals surface area (Å²) in [7, 11) is 0. The monoisotopic (exact) mass is 262 g/mol. The molecule has 2 rings (SSSR count). The van der Waals surface area contributed by atoms with Crippen LogP contribution in [-0.2, 0) is 0 Å². The van der Waals surface area contributed by atoms with E-state index in [1.54, 1.807) is 18.2 Å². The molecule has 0 amide bonds. The van der Waals surface area contributed by atoms with Crippen LogP contribution in [0.25, 0.3) is 11.5 Å². The fourth-order valence-corrected chi connectivity index (χ4v) is 1.79. The van der Waals surface area contributed by atoms with Gasteiger partial charge in [0.25, 0.3) is 5.89 Å². The quantitative estimate of drug-likeness (QED) is 0.774. The molecule has 1 aromatic carbocycles. The summed E-state index contributed by atoms with van der Waals surface area (Å²) in [6.07, 6.45) is 5.86. The minimum absolute atomic E-state index is 0.0790. The van der Waals surface area contributed by atoms with Gasteiger partial charge in [-0.25, -0.2) is 0 Å². The molecule has 0 aliphatic carbocycles. The summed E-state index contributed by atoms with van der Waals surface area (Å²) in [6, 6.07) is 5.07. The van der Waals surface area contributed by atoms with Crippen LogP contribution in [0.1, 0.15) is 32.6 Å². The number of unbranched alkanes of at least 4 members (excludes halogenated alkanes) is 3. The minimum Gasteiger partial charge on any atom is -0.507 e. The SMILES string of the molecule is CCCCCCOc1ccc(-c2nnco2)c(O)c1. The van der Waals surface area contributed by atoms with E-state index in [-0.39, 0.29) is 5.75 Å². The molecule has 1 N–H and O–H groups in total. The molecule has 102 valence electrons. The molecular formula is C14H18N2O3. The van der Waals surface area contributed by atoms with E-state index in [0.717, 1.165) is 6.42 Å². The number of nitrogens with zero attached hydrogens (tertiary/aromatic N) is 2. The lowest BCUT2D eigenvalue weighted by Crippen LogP contribution is -1.97. The van der Waals surface area contributed by atoms with E-state index in [0.29, 0.717) is 23.8 Å². The van der Waals surface area contributed by atoms with Crippen molar-refractivity contribution in [3.63, 3.8) is 0 Å². The zero-order valence-electron chi connectivity index (χ0n) is 11.0. The summed E-state index contributed by atoms with van der Waals surface area (Å²) < 4.78 is 10.6. The molecule has 1 aromatic heterocycles. The van der Waals surface area contributed by atoms with Crippen molar-refractivity contribution in [2.24, 2.45) is 0 Å². The second-order valence-corrected chi connectivity index (χ2v) is 4.33. The Labute approximate surface area is 112 Å². The summed E-state index contributed by atoms with van der Waals surface area (Å²) in [5.41, 5.74) is 0.510. The summed E-state index contributed by atoms with van der Waals surface area (Å²) >= 11 is 0. The van der Waals surface area contributed by atoms with E-state index >= 15 is 0 Å². The van der Waals surface area contributed by atoms with Gasteiger partial charge in [-0.1, -0.05) is 26.2 Å². The molecule has 0 saturated heterocycles. The van der Waals surface area contributed by atoms with E-state index in [1.165, 1.54) is 25.7 Å². The average Bonchev–Trinajstić information content (AvgIpc) is 2.92. The fourth-order valence-electron chi connectivity index (χ4n) is 1.79. The molecule has 0 spiro atoms. The Hall–Kier alpha value is -2.04. The first kappa shape index (κ1) is 13.4. The maximum Gasteiger partial charge on any atom is 0.251 e. The number of ether oxygens (including phenoxy) is 1. The molecule has 0 radical (unpaired) electrons. The largest absolute Gasteiger partial charge is 0.507 e. The number of hydrogen-bond donors (Lipinski definition) is 1. The summed E-state index contributed by atoms with van der Waals surface area (Å²) in [5, 5.41) is 17.2. The number of hydrogen-bond acceptors (Lipinski definition) is 5. The maximum absolute atomic E-state index is 9.90. The second kappa shape index (κ2) is 6.78. The van der Waals surface area contributed by atoms with Gasteiger partial charge in [0.1, 0.15) is 11.5 Å². The highest BCUT2D eigenvalue weighted by Gasteiger charge is 2.10. The van der Waals surface area contributed by atoms with E-state index in [1.807, 2.05) is 0 Å². The van der Waals surface area contributed by atoms with Crippen molar-refractivity contribution in [2.75, 3.05) is 6.61 Å². The molecule has 2 aromatic rings. The van der Waals surface area contributed by atoms with Crippen molar-refractivity contribution in [1.82, 2.24) is 10.2 Å². The Balaban J connectivity index is 1.92. The van der Waals surface area contributed by atoms with E-state index < -0.39 is 0 Å². The van der Waals surface area contributed by atoms with Crippen LogP contribution in [0.3, 0.4) is 0 Å².